The zero-order chi connectivity index (χ0) is 20.7. The van der Waals surface area contributed by atoms with Gasteiger partial charge in [0.1, 0.15) is 11.4 Å². The summed E-state index contributed by atoms with van der Waals surface area (Å²) in [5.41, 5.74) is 3.96. The smallest absolute Gasteiger partial charge is 0.253 e. The maximum absolute atomic E-state index is 12.8. The van der Waals surface area contributed by atoms with Crippen molar-refractivity contribution in [1.29, 1.82) is 0 Å². The molecule has 1 fully saturated rings. The van der Waals surface area contributed by atoms with E-state index in [0.29, 0.717) is 17.3 Å². The van der Waals surface area contributed by atoms with Crippen molar-refractivity contribution < 1.29 is 4.79 Å². The molecule has 4 aromatic rings. The number of likely N-dealkylation sites (tertiary alicyclic amines) is 1. The van der Waals surface area contributed by atoms with Crippen molar-refractivity contribution in [3.8, 4) is 17.1 Å². The molecule has 1 aliphatic heterocycles. The first-order valence-corrected chi connectivity index (χ1v) is 10.0. The number of para-hydroxylation sites is 1. The molecule has 1 atom stereocenters. The first-order valence-electron chi connectivity index (χ1n) is 10.0. The van der Waals surface area contributed by atoms with Gasteiger partial charge in [0.25, 0.3) is 5.91 Å². The Balaban J connectivity index is 1.35. The van der Waals surface area contributed by atoms with Gasteiger partial charge in [-0.1, -0.05) is 23.4 Å². The van der Waals surface area contributed by atoms with Crippen molar-refractivity contribution in [2.24, 2.45) is 0 Å². The summed E-state index contributed by atoms with van der Waals surface area (Å²) >= 11 is 0. The minimum Gasteiger partial charge on any atom is -0.337 e. The second-order valence-electron chi connectivity index (χ2n) is 7.87. The van der Waals surface area contributed by atoms with Gasteiger partial charge >= 0.3 is 0 Å². The zero-order valence-electron chi connectivity index (χ0n) is 17.0. The molecule has 1 saturated heterocycles. The lowest BCUT2D eigenvalue weighted by atomic mass is 10.1. The van der Waals surface area contributed by atoms with Crippen LogP contribution >= 0.6 is 0 Å². The van der Waals surface area contributed by atoms with Gasteiger partial charge < -0.3 is 9.80 Å². The number of hydrogen-bond donors (Lipinski definition) is 1. The van der Waals surface area contributed by atoms with Crippen molar-refractivity contribution in [2.75, 3.05) is 27.2 Å². The Hall–Kier alpha value is -3.52. The number of nitrogens with zero attached hydrogens (tertiary/aromatic N) is 6. The summed E-state index contributed by atoms with van der Waals surface area (Å²) in [6, 6.07) is 15.9. The number of benzene rings is 2. The van der Waals surface area contributed by atoms with Gasteiger partial charge in [-0.3, -0.25) is 9.89 Å². The summed E-state index contributed by atoms with van der Waals surface area (Å²) in [5, 5.41) is 16.9. The van der Waals surface area contributed by atoms with E-state index in [-0.39, 0.29) is 5.91 Å². The van der Waals surface area contributed by atoms with E-state index in [1.807, 2.05) is 59.6 Å². The Morgan fingerprint density at radius 2 is 1.93 bits per heavy atom. The lowest BCUT2D eigenvalue weighted by Crippen LogP contribution is -2.34. The highest BCUT2D eigenvalue weighted by atomic mass is 16.2. The molecule has 1 aliphatic rings. The van der Waals surface area contributed by atoms with Gasteiger partial charge in [-0.25, -0.2) is 4.68 Å². The van der Waals surface area contributed by atoms with Crippen LogP contribution in [-0.2, 0) is 0 Å². The molecular weight excluding hydrogens is 378 g/mol. The molecule has 152 valence electrons. The first-order chi connectivity index (χ1) is 14.6. The van der Waals surface area contributed by atoms with Crippen LogP contribution < -0.4 is 0 Å². The van der Waals surface area contributed by atoms with E-state index in [2.05, 4.69) is 39.5 Å². The van der Waals surface area contributed by atoms with Crippen LogP contribution in [0.25, 0.3) is 28.0 Å². The predicted octanol–water partition coefficient (Wildman–Crippen LogP) is 2.59. The van der Waals surface area contributed by atoms with Crippen LogP contribution in [0, 0.1) is 0 Å². The van der Waals surface area contributed by atoms with Crippen molar-refractivity contribution in [2.45, 2.75) is 12.5 Å². The number of carbonyl (C=O) groups excluding carboxylic acids is 1. The molecule has 0 spiro atoms. The molecule has 0 aliphatic carbocycles. The zero-order valence-corrected chi connectivity index (χ0v) is 17.0. The second kappa shape index (κ2) is 7.38. The standard InChI is InChI=1S/C22H23N7O/c1-27(2)17-11-12-28(13-17)22(30)15-7-9-16(10-8-15)29-14-20(24-26-29)21-18-5-3-4-6-19(18)23-25-21/h3-10,14,17H,11-13H2,1-2H3,(H,23,25)/t17-/m1/s1. The van der Waals surface area contributed by atoms with Gasteiger partial charge in [0, 0.05) is 30.1 Å². The molecule has 8 nitrogen and oxygen atoms in total. The monoisotopic (exact) mass is 401 g/mol. The Morgan fingerprint density at radius 1 is 1.13 bits per heavy atom. The molecule has 0 radical (unpaired) electrons. The van der Waals surface area contributed by atoms with E-state index in [0.717, 1.165) is 41.8 Å². The number of aromatic amines is 1. The minimum atomic E-state index is 0.0770. The molecule has 1 N–H and O–H groups in total. The molecule has 0 saturated carbocycles. The summed E-state index contributed by atoms with van der Waals surface area (Å²) in [4.78, 5) is 16.9. The molecule has 0 bridgehead atoms. The topological polar surface area (TPSA) is 82.9 Å². The number of rotatable bonds is 4. The van der Waals surface area contributed by atoms with Gasteiger partial charge in [-0.05, 0) is 50.8 Å². The summed E-state index contributed by atoms with van der Waals surface area (Å²) in [5.74, 6) is 0.0770. The van der Waals surface area contributed by atoms with Crippen molar-refractivity contribution in [3.63, 3.8) is 0 Å². The van der Waals surface area contributed by atoms with Crippen LogP contribution in [0.2, 0.25) is 0 Å². The first kappa shape index (κ1) is 18.5. The Morgan fingerprint density at radius 3 is 2.70 bits per heavy atom. The molecule has 2 aromatic heterocycles. The Bertz CT molecular complexity index is 1190. The highest BCUT2D eigenvalue weighted by Crippen LogP contribution is 2.25. The summed E-state index contributed by atoms with van der Waals surface area (Å²) in [6.45, 7) is 1.57. The van der Waals surface area contributed by atoms with E-state index in [1.54, 1.807) is 4.68 Å². The minimum absolute atomic E-state index is 0.0770. The molecule has 3 heterocycles. The number of hydrogen-bond acceptors (Lipinski definition) is 5. The van der Waals surface area contributed by atoms with Gasteiger partial charge in [-0.15, -0.1) is 5.10 Å². The van der Waals surface area contributed by atoms with Crippen LogP contribution in [0.15, 0.2) is 54.7 Å². The van der Waals surface area contributed by atoms with Gasteiger partial charge in [0.05, 0.1) is 17.4 Å². The fourth-order valence-electron chi connectivity index (χ4n) is 3.94. The summed E-state index contributed by atoms with van der Waals surface area (Å²) in [6.07, 6.45) is 2.86. The number of aromatic nitrogens is 5. The van der Waals surface area contributed by atoms with Crippen LogP contribution in [0.4, 0.5) is 0 Å². The van der Waals surface area contributed by atoms with Gasteiger partial charge in [0.15, 0.2) is 0 Å². The van der Waals surface area contributed by atoms with Crippen LogP contribution in [-0.4, -0.2) is 74.1 Å². The molecule has 5 rings (SSSR count). The maximum atomic E-state index is 12.8. The van der Waals surface area contributed by atoms with E-state index in [9.17, 15) is 4.79 Å². The quantitative estimate of drug-likeness (QED) is 0.568. The molecule has 8 heteroatoms. The predicted molar refractivity (Wildman–Crippen MR) is 114 cm³/mol. The maximum Gasteiger partial charge on any atom is 0.253 e. The number of H-pyrrole nitrogens is 1. The number of amides is 1. The van der Waals surface area contributed by atoms with E-state index >= 15 is 0 Å². The van der Waals surface area contributed by atoms with Crippen LogP contribution in [0.5, 0.6) is 0 Å². The summed E-state index contributed by atoms with van der Waals surface area (Å²) in [7, 11) is 4.12. The average molecular weight is 401 g/mol. The van der Waals surface area contributed by atoms with E-state index < -0.39 is 0 Å². The van der Waals surface area contributed by atoms with Crippen molar-refractivity contribution in [1.82, 2.24) is 35.0 Å². The number of carbonyl (C=O) groups is 1. The van der Waals surface area contributed by atoms with E-state index in [1.165, 1.54) is 0 Å². The number of fused-ring (bicyclic) bond motifs is 1. The average Bonchev–Trinajstić information content (AvgIpc) is 3.52. The SMILES string of the molecule is CN(C)[C@@H]1CCN(C(=O)c2ccc(-n3cc(-c4n[nH]c5ccccc45)nn3)cc2)C1. The van der Waals surface area contributed by atoms with Gasteiger partial charge in [0.2, 0.25) is 0 Å². The Labute approximate surface area is 174 Å². The van der Waals surface area contributed by atoms with Crippen LogP contribution in [0.1, 0.15) is 16.8 Å². The lowest BCUT2D eigenvalue weighted by molar-refractivity contribution is 0.0783. The normalized spacial score (nSPS) is 16.6. The third-order valence-corrected chi connectivity index (χ3v) is 5.77. The highest BCUT2D eigenvalue weighted by molar-refractivity contribution is 5.94. The molecule has 2 aromatic carbocycles. The highest BCUT2D eigenvalue weighted by Gasteiger charge is 2.28. The molecular formula is C22H23N7O. The fourth-order valence-corrected chi connectivity index (χ4v) is 3.94. The fraction of sp³-hybridized carbons (Fsp3) is 0.273. The number of nitrogens with one attached hydrogen (secondary N) is 1. The number of likely N-dealkylation sites (N-methyl/N-ethyl adjacent to an activating group) is 1. The molecule has 0 unspecified atom stereocenters. The third-order valence-electron chi connectivity index (χ3n) is 5.77. The van der Waals surface area contributed by atoms with Gasteiger partial charge in [-0.2, -0.15) is 5.10 Å². The molecule has 1 amide bonds. The summed E-state index contributed by atoms with van der Waals surface area (Å²) < 4.78 is 1.70. The van der Waals surface area contributed by atoms with Crippen LogP contribution in [0.3, 0.4) is 0 Å². The Kier molecular flexibility index (Phi) is 4.55. The largest absolute Gasteiger partial charge is 0.337 e. The van der Waals surface area contributed by atoms with Crippen molar-refractivity contribution in [3.05, 3.63) is 60.3 Å². The van der Waals surface area contributed by atoms with E-state index in [4.69, 9.17) is 0 Å². The second-order valence-corrected chi connectivity index (χ2v) is 7.87. The van der Waals surface area contributed by atoms with Crippen molar-refractivity contribution >= 4 is 16.8 Å². The third kappa shape index (κ3) is 3.25. The lowest BCUT2D eigenvalue weighted by Gasteiger charge is -2.20. The molecule has 30 heavy (non-hydrogen) atoms.